The van der Waals surface area contributed by atoms with Gasteiger partial charge in [0.1, 0.15) is 6.04 Å². The zero-order chi connectivity index (χ0) is 16.1. The molecule has 2 atom stereocenters. The van der Waals surface area contributed by atoms with E-state index >= 15 is 0 Å². The highest BCUT2D eigenvalue weighted by molar-refractivity contribution is 7.99. The zero-order valence-electron chi connectivity index (χ0n) is 12.2. The smallest absolute Gasteiger partial charge is 0.305 e. The van der Waals surface area contributed by atoms with Crippen molar-refractivity contribution in [3.05, 3.63) is 35.9 Å². The van der Waals surface area contributed by atoms with Crippen molar-refractivity contribution in [2.45, 2.75) is 25.4 Å². The van der Waals surface area contributed by atoms with Crippen molar-refractivity contribution >= 4 is 29.5 Å². The summed E-state index contributed by atoms with van der Waals surface area (Å²) in [5.41, 5.74) is 0.735. The lowest BCUT2D eigenvalue weighted by Crippen LogP contribution is -2.47. The predicted molar refractivity (Wildman–Crippen MR) is 83.2 cm³/mol. The number of carboxylic acids is 1. The van der Waals surface area contributed by atoms with Crippen LogP contribution in [-0.2, 0) is 14.4 Å². The number of hydrogen-bond donors (Lipinski definition) is 2. The van der Waals surface area contributed by atoms with Crippen molar-refractivity contribution in [1.82, 2.24) is 10.2 Å². The predicted octanol–water partition coefficient (Wildman–Crippen LogP) is 1.24. The summed E-state index contributed by atoms with van der Waals surface area (Å²) < 4.78 is 0. The lowest BCUT2D eigenvalue weighted by Gasteiger charge is -2.24. The summed E-state index contributed by atoms with van der Waals surface area (Å²) in [6.45, 7) is 1.43. The van der Waals surface area contributed by atoms with Gasteiger partial charge in [-0.2, -0.15) is 0 Å². The molecule has 0 bridgehead atoms. The number of hydrogen-bond acceptors (Lipinski definition) is 4. The average molecular weight is 322 g/mol. The minimum absolute atomic E-state index is 0.153. The molecule has 2 N–H and O–H groups in total. The number of carbonyl (C=O) groups excluding carboxylic acids is 2. The molecule has 0 saturated carbocycles. The normalized spacial score (nSPS) is 18.8. The van der Waals surface area contributed by atoms with Gasteiger partial charge in [-0.15, -0.1) is 11.8 Å². The highest BCUT2D eigenvalue weighted by atomic mass is 32.2. The van der Waals surface area contributed by atoms with E-state index in [1.165, 1.54) is 23.6 Å². The number of rotatable bonds is 5. The van der Waals surface area contributed by atoms with Crippen LogP contribution in [0.4, 0.5) is 0 Å². The molecule has 1 aromatic carbocycles. The highest BCUT2D eigenvalue weighted by Crippen LogP contribution is 2.23. The lowest BCUT2D eigenvalue weighted by molar-refractivity contribution is -0.139. The van der Waals surface area contributed by atoms with Crippen LogP contribution in [0.15, 0.2) is 30.3 Å². The van der Waals surface area contributed by atoms with Gasteiger partial charge >= 0.3 is 5.97 Å². The molecule has 1 saturated heterocycles. The molecule has 1 aromatic rings. The lowest BCUT2D eigenvalue weighted by atomic mass is 10.0. The Morgan fingerprint density at radius 3 is 2.64 bits per heavy atom. The molecule has 1 aliphatic heterocycles. The second-order valence-electron chi connectivity index (χ2n) is 5.07. The molecule has 1 heterocycles. The molecule has 0 aliphatic carbocycles. The number of amides is 2. The Kier molecular flexibility index (Phi) is 5.43. The summed E-state index contributed by atoms with van der Waals surface area (Å²) >= 11 is 1.51. The maximum atomic E-state index is 12.4. The van der Waals surface area contributed by atoms with Crippen molar-refractivity contribution in [2.75, 3.05) is 11.6 Å². The number of carbonyl (C=O) groups is 3. The van der Waals surface area contributed by atoms with Crippen LogP contribution in [0, 0.1) is 0 Å². The van der Waals surface area contributed by atoms with Gasteiger partial charge in [0.2, 0.25) is 11.8 Å². The number of carboxylic acid groups (broad SMARTS) is 1. The van der Waals surface area contributed by atoms with Crippen molar-refractivity contribution in [1.29, 1.82) is 0 Å². The van der Waals surface area contributed by atoms with E-state index in [1.807, 2.05) is 6.07 Å². The van der Waals surface area contributed by atoms with Crippen LogP contribution in [-0.4, -0.2) is 45.5 Å². The Labute approximate surface area is 132 Å². The van der Waals surface area contributed by atoms with Crippen molar-refractivity contribution in [3.8, 4) is 0 Å². The molecule has 0 radical (unpaired) electrons. The van der Waals surface area contributed by atoms with E-state index in [1.54, 1.807) is 24.3 Å². The summed E-state index contributed by atoms with van der Waals surface area (Å²) in [7, 11) is 0. The Bertz CT molecular complexity index is 564. The first-order valence-corrected chi connectivity index (χ1v) is 8.06. The first kappa shape index (κ1) is 16.4. The molecule has 118 valence electrons. The molecule has 0 spiro atoms. The monoisotopic (exact) mass is 322 g/mol. The Morgan fingerprint density at radius 2 is 2.05 bits per heavy atom. The number of thioether (sulfide) groups is 1. The van der Waals surface area contributed by atoms with Crippen LogP contribution in [0.25, 0.3) is 0 Å². The van der Waals surface area contributed by atoms with Crippen molar-refractivity contribution < 1.29 is 19.5 Å². The number of benzene rings is 1. The van der Waals surface area contributed by atoms with Gasteiger partial charge in [0.15, 0.2) is 0 Å². The Hall–Kier alpha value is -2.02. The second kappa shape index (κ2) is 7.31. The molecular weight excluding hydrogens is 304 g/mol. The first-order valence-electron chi connectivity index (χ1n) is 6.91. The highest BCUT2D eigenvalue weighted by Gasteiger charge is 2.34. The Morgan fingerprint density at radius 1 is 1.36 bits per heavy atom. The minimum Gasteiger partial charge on any atom is -0.481 e. The molecule has 22 heavy (non-hydrogen) atoms. The Balaban J connectivity index is 2.11. The molecule has 6 nitrogen and oxygen atoms in total. The summed E-state index contributed by atoms with van der Waals surface area (Å²) in [6, 6.07) is 7.83. The van der Waals surface area contributed by atoms with Crippen LogP contribution in [0.1, 0.15) is 24.9 Å². The van der Waals surface area contributed by atoms with Gasteiger partial charge in [0.25, 0.3) is 0 Å². The van der Waals surface area contributed by atoms with Gasteiger partial charge in [-0.25, -0.2) is 0 Å². The van der Waals surface area contributed by atoms with E-state index in [0.29, 0.717) is 11.6 Å². The summed E-state index contributed by atoms with van der Waals surface area (Å²) in [5, 5.41) is 11.8. The third kappa shape index (κ3) is 4.00. The maximum absolute atomic E-state index is 12.4. The van der Waals surface area contributed by atoms with Crippen LogP contribution >= 0.6 is 11.8 Å². The van der Waals surface area contributed by atoms with E-state index < -0.39 is 18.1 Å². The minimum atomic E-state index is -0.988. The van der Waals surface area contributed by atoms with Gasteiger partial charge in [-0.05, 0) is 5.56 Å². The molecule has 2 rings (SSSR count). The van der Waals surface area contributed by atoms with Crippen LogP contribution in [0.2, 0.25) is 0 Å². The fraction of sp³-hybridized carbons (Fsp3) is 0.400. The SMILES string of the molecule is CC(=O)N1CSC[C@H]1C(=O)N[C@H](CC(=O)O)c1ccccc1. The van der Waals surface area contributed by atoms with Gasteiger partial charge in [-0.1, -0.05) is 30.3 Å². The maximum Gasteiger partial charge on any atom is 0.305 e. The largest absolute Gasteiger partial charge is 0.481 e. The van der Waals surface area contributed by atoms with Crippen molar-refractivity contribution in [2.24, 2.45) is 0 Å². The van der Waals surface area contributed by atoms with Gasteiger partial charge in [0, 0.05) is 12.7 Å². The number of nitrogens with zero attached hydrogens (tertiary/aromatic N) is 1. The van der Waals surface area contributed by atoms with E-state index in [9.17, 15) is 14.4 Å². The first-order chi connectivity index (χ1) is 10.5. The number of nitrogens with one attached hydrogen (secondary N) is 1. The molecular formula is C15H18N2O4S. The van der Waals surface area contributed by atoms with E-state index in [0.717, 1.165) is 5.56 Å². The van der Waals surface area contributed by atoms with Crippen molar-refractivity contribution in [3.63, 3.8) is 0 Å². The van der Waals surface area contributed by atoms with Gasteiger partial charge in [-0.3, -0.25) is 14.4 Å². The summed E-state index contributed by atoms with van der Waals surface area (Å²) in [4.78, 5) is 36.5. The molecule has 7 heteroatoms. The second-order valence-corrected chi connectivity index (χ2v) is 6.07. The fourth-order valence-corrected chi connectivity index (χ4v) is 3.57. The van der Waals surface area contributed by atoms with Crippen LogP contribution in [0.5, 0.6) is 0 Å². The molecule has 2 amide bonds. The third-order valence-corrected chi connectivity index (χ3v) is 4.50. The molecule has 0 aromatic heterocycles. The zero-order valence-corrected chi connectivity index (χ0v) is 13.0. The topological polar surface area (TPSA) is 86.7 Å². The van der Waals surface area contributed by atoms with Crippen LogP contribution in [0.3, 0.4) is 0 Å². The fourth-order valence-electron chi connectivity index (χ4n) is 2.35. The molecule has 0 unspecified atom stereocenters. The van der Waals surface area contributed by atoms with E-state index in [-0.39, 0.29) is 18.2 Å². The summed E-state index contributed by atoms with van der Waals surface area (Å²) in [6.07, 6.45) is -0.199. The number of aliphatic carboxylic acids is 1. The van der Waals surface area contributed by atoms with Gasteiger partial charge in [0.05, 0.1) is 18.3 Å². The standard InChI is InChI=1S/C15H18N2O4S/c1-10(18)17-9-22-8-13(17)15(21)16-12(7-14(19)20)11-5-3-2-4-6-11/h2-6,12-13H,7-9H2,1H3,(H,16,21)(H,19,20)/t12-,13+/m1/s1. The quantitative estimate of drug-likeness (QED) is 0.852. The van der Waals surface area contributed by atoms with E-state index in [4.69, 9.17) is 5.11 Å². The molecule has 1 fully saturated rings. The molecule has 1 aliphatic rings. The summed E-state index contributed by atoms with van der Waals surface area (Å²) in [5.74, 6) is -0.434. The van der Waals surface area contributed by atoms with Crippen LogP contribution < -0.4 is 5.32 Å². The third-order valence-electron chi connectivity index (χ3n) is 3.49. The average Bonchev–Trinajstić information content (AvgIpc) is 2.96. The van der Waals surface area contributed by atoms with Gasteiger partial charge < -0.3 is 15.3 Å². The van der Waals surface area contributed by atoms with E-state index in [2.05, 4.69) is 5.32 Å².